The first-order valence-electron chi connectivity index (χ1n) is 4.44. The van der Waals surface area contributed by atoms with Gasteiger partial charge in [-0.25, -0.2) is 0 Å². The summed E-state index contributed by atoms with van der Waals surface area (Å²) < 4.78 is 0. The molecule has 3 N–H and O–H groups in total. The lowest BCUT2D eigenvalue weighted by atomic mass is 10.3. The van der Waals surface area contributed by atoms with E-state index in [1.807, 2.05) is 0 Å². The van der Waals surface area contributed by atoms with E-state index in [1.165, 1.54) is 0 Å². The van der Waals surface area contributed by atoms with Crippen molar-refractivity contribution in [3.05, 3.63) is 0 Å². The second-order valence-corrected chi connectivity index (χ2v) is 3.91. The van der Waals surface area contributed by atoms with Gasteiger partial charge in [0.25, 0.3) is 0 Å². The van der Waals surface area contributed by atoms with Gasteiger partial charge in [0.1, 0.15) is 0 Å². The highest BCUT2D eigenvalue weighted by Crippen LogP contribution is 2.08. The molecule has 0 aromatic rings. The van der Waals surface area contributed by atoms with Crippen molar-refractivity contribution in [2.45, 2.75) is 26.3 Å². The van der Waals surface area contributed by atoms with Crippen molar-refractivity contribution in [3.63, 3.8) is 0 Å². The fourth-order valence-electron chi connectivity index (χ4n) is 1.33. The number of hydrazone groups is 1. The lowest BCUT2D eigenvalue weighted by Gasteiger charge is -2.18. The van der Waals surface area contributed by atoms with E-state index in [-0.39, 0.29) is 5.11 Å². The van der Waals surface area contributed by atoms with Crippen LogP contribution < -0.4 is 11.2 Å². The van der Waals surface area contributed by atoms with Crippen molar-refractivity contribution in [1.82, 2.24) is 10.3 Å². The molecule has 1 saturated heterocycles. The van der Waals surface area contributed by atoms with Crippen molar-refractivity contribution in [2.24, 2.45) is 10.8 Å². The molecule has 1 rings (SSSR count). The molecule has 1 fully saturated rings. The molecule has 0 bridgehead atoms. The van der Waals surface area contributed by atoms with Gasteiger partial charge in [-0.15, -0.1) is 0 Å². The third-order valence-corrected chi connectivity index (χ3v) is 2.22. The monoisotopic (exact) mass is 200 g/mol. The standard InChI is InChI=1S/C8H16N4S/c1-6(2)12-4-3-7(5-12)10-11-8(9)13/h6H,3-5H2,1-2H3,(H3,9,11,13). The van der Waals surface area contributed by atoms with Crippen LogP contribution in [-0.4, -0.2) is 34.9 Å². The fraction of sp³-hybridized carbons (Fsp3) is 0.750. The highest BCUT2D eigenvalue weighted by Gasteiger charge is 2.19. The third kappa shape index (κ3) is 3.28. The van der Waals surface area contributed by atoms with Crippen LogP contribution in [0.25, 0.3) is 0 Å². The summed E-state index contributed by atoms with van der Waals surface area (Å²) in [6.07, 6.45) is 1.01. The van der Waals surface area contributed by atoms with E-state index in [1.54, 1.807) is 0 Å². The molecule has 0 aromatic carbocycles. The van der Waals surface area contributed by atoms with Crippen LogP contribution in [-0.2, 0) is 0 Å². The highest BCUT2D eigenvalue weighted by molar-refractivity contribution is 7.80. The Hall–Kier alpha value is -0.680. The average Bonchev–Trinajstić information content (AvgIpc) is 2.48. The maximum Gasteiger partial charge on any atom is 0.184 e. The van der Waals surface area contributed by atoms with Gasteiger partial charge in [-0.3, -0.25) is 10.3 Å². The number of hydrogen-bond donors (Lipinski definition) is 2. The molecule has 0 saturated carbocycles. The number of rotatable bonds is 2. The van der Waals surface area contributed by atoms with Crippen molar-refractivity contribution in [2.75, 3.05) is 13.1 Å². The van der Waals surface area contributed by atoms with E-state index >= 15 is 0 Å². The Kier molecular flexibility index (Phi) is 3.62. The Morgan fingerprint density at radius 1 is 1.69 bits per heavy atom. The van der Waals surface area contributed by atoms with Crippen LogP contribution in [0.2, 0.25) is 0 Å². The van der Waals surface area contributed by atoms with Gasteiger partial charge < -0.3 is 5.73 Å². The molecule has 1 heterocycles. The molecular weight excluding hydrogens is 184 g/mol. The van der Waals surface area contributed by atoms with Crippen molar-refractivity contribution in [3.8, 4) is 0 Å². The molecule has 13 heavy (non-hydrogen) atoms. The lowest BCUT2D eigenvalue weighted by Crippen LogP contribution is -2.29. The van der Waals surface area contributed by atoms with E-state index in [4.69, 9.17) is 5.73 Å². The molecule has 0 atom stereocenters. The molecule has 74 valence electrons. The minimum atomic E-state index is 0.232. The van der Waals surface area contributed by atoms with Gasteiger partial charge in [0.05, 0.1) is 5.71 Å². The summed E-state index contributed by atoms with van der Waals surface area (Å²) in [6, 6.07) is 0.581. The van der Waals surface area contributed by atoms with E-state index in [0.717, 1.165) is 25.2 Å². The van der Waals surface area contributed by atoms with Crippen molar-refractivity contribution < 1.29 is 0 Å². The fourth-order valence-corrected chi connectivity index (χ4v) is 1.38. The summed E-state index contributed by atoms with van der Waals surface area (Å²) in [5, 5.41) is 4.35. The van der Waals surface area contributed by atoms with Crippen LogP contribution in [0.5, 0.6) is 0 Å². The second kappa shape index (κ2) is 4.53. The van der Waals surface area contributed by atoms with Gasteiger partial charge in [0, 0.05) is 25.6 Å². The van der Waals surface area contributed by atoms with Crippen LogP contribution in [0.4, 0.5) is 0 Å². The van der Waals surface area contributed by atoms with Gasteiger partial charge in [-0.2, -0.15) is 5.10 Å². The Morgan fingerprint density at radius 2 is 2.38 bits per heavy atom. The largest absolute Gasteiger partial charge is 0.375 e. The van der Waals surface area contributed by atoms with Crippen LogP contribution in [0, 0.1) is 0 Å². The molecule has 0 radical (unpaired) electrons. The van der Waals surface area contributed by atoms with Gasteiger partial charge in [-0.1, -0.05) is 0 Å². The van der Waals surface area contributed by atoms with Gasteiger partial charge >= 0.3 is 0 Å². The zero-order valence-corrected chi connectivity index (χ0v) is 8.90. The normalized spacial score (nSPS) is 21.3. The van der Waals surface area contributed by atoms with Crippen LogP contribution in [0.3, 0.4) is 0 Å². The molecule has 0 spiro atoms. The summed E-state index contributed by atoms with van der Waals surface area (Å²) in [6.45, 7) is 6.37. The first-order valence-corrected chi connectivity index (χ1v) is 4.85. The molecule has 1 aliphatic rings. The van der Waals surface area contributed by atoms with Crippen LogP contribution >= 0.6 is 12.2 Å². The van der Waals surface area contributed by atoms with Gasteiger partial charge in [0.15, 0.2) is 5.11 Å². The lowest BCUT2D eigenvalue weighted by molar-refractivity contribution is 0.284. The van der Waals surface area contributed by atoms with Crippen molar-refractivity contribution in [1.29, 1.82) is 0 Å². The summed E-state index contributed by atoms with van der Waals surface area (Å²) in [5.74, 6) is 0. The number of hydrogen-bond acceptors (Lipinski definition) is 3. The van der Waals surface area contributed by atoms with Crippen molar-refractivity contribution >= 4 is 23.0 Å². The predicted octanol–water partition coefficient (Wildman–Crippen LogP) is 0.290. The van der Waals surface area contributed by atoms with E-state index < -0.39 is 0 Å². The Balaban J connectivity index is 2.40. The summed E-state index contributed by atoms with van der Waals surface area (Å²) >= 11 is 4.66. The average molecular weight is 200 g/mol. The topological polar surface area (TPSA) is 53.6 Å². The molecular formula is C8H16N4S. The molecule has 4 nitrogen and oxygen atoms in total. The number of nitrogens with zero attached hydrogens (tertiary/aromatic N) is 2. The number of nitrogens with two attached hydrogens (primary N) is 1. The number of nitrogens with one attached hydrogen (secondary N) is 1. The zero-order chi connectivity index (χ0) is 9.84. The minimum absolute atomic E-state index is 0.232. The van der Waals surface area contributed by atoms with Crippen LogP contribution in [0.1, 0.15) is 20.3 Å². The van der Waals surface area contributed by atoms with E-state index in [2.05, 4.69) is 41.5 Å². The van der Waals surface area contributed by atoms with Gasteiger partial charge in [0.2, 0.25) is 0 Å². The quantitative estimate of drug-likeness (QED) is 0.497. The first-order chi connectivity index (χ1) is 6.09. The molecule has 0 aliphatic carbocycles. The summed E-state index contributed by atoms with van der Waals surface area (Å²) in [5.41, 5.74) is 9.01. The molecule has 0 aromatic heterocycles. The smallest absolute Gasteiger partial charge is 0.184 e. The number of likely N-dealkylation sites (tertiary alicyclic amines) is 1. The second-order valence-electron chi connectivity index (χ2n) is 3.47. The Bertz CT molecular complexity index is 224. The maximum atomic E-state index is 5.26. The first kappa shape index (κ1) is 10.4. The number of thiocarbonyl (C=S) groups is 1. The molecule has 0 amide bonds. The van der Waals surface area contributed by atoms with E-state index in [0.29, 0.717) is 6.04 Å². The third-order valence-electron chi connectivity index (χ3n) is 2.13. The van der Waals surface area contributed by atoms with E-state index in [9.17, 15) is 0 Å². The SMILES string of the molecule is CC(C)N1CCC(=NNC(N)=S)C1. The van der Waals surface area contributed by atoms with Gasteiger partial charge in [-0.05, 0) is 26.1 Å². The molecule has 0 unspecified atom stereocenters. The predicted molar refractivity (Wildman–Crippen MR) is 58.7 cm³/mol. The summed E-state index contributed by atoms with van der Waals surface area (Å²) in [7, 11) is 0. The highest BCUT2D eigenvalue weighted by atomic mass is 32.1. The Morgan fingerprint density at radius 3 is 2.85 bits per heavy atom. The molecule has 1 aliphatic heterocycles. The minimum Gasteiger partial charge on any atom is -0.375 e. The summed E-state index contributed by atoms with van der Waals surface area (Å²) in [4.78, 5) is 2.36. The zero-order valence-electron chi connectivity index (χ0n) is 8.08. The Labute approximate surface area is 84.2 Å². The van der Waals surface area contributed by atoms with Crippen LogP contribution in [0.15, 0.2) is 5.10 Å². The maximum absolute atomic E-state index is 5.26. The molecule has 5 heteroatoms.